The Morgan fingerprint density at radius 1 is 1.44 bits per heavy atom. The minimum absolute atomic E-state index is 0.635. The Bertz CT molecular complexity index is 446. The van der Waals surface area contributed by atoms with Crippen molar-refractivity contribution in [3.63, 3.8) is 0 Å². The summed E-state index contributed by atoms with van der Waals surface area (Å²) >= 11 is 0. The summed E-state index contributed by atoms with van der Waals surface area (Å²) in [6, 6.07) is 1.99. The zero-order valence-electron chi connectivity index (χ0n) is 9.60. The molecule has 0 aliphatic rings. The first kappa shape index (κ1) is 10.9. The van der Waals surface area contributed by atoms with Gasteiger partial charge in [-0.2, -0.15) is 5.10 Å². The fourth-order valence-corrected chi connectivity index (χ4v) is 1.45. The zero-order valence-corrected chi connectivity index (χ0v) is 9.60. The van der Waals surface area contributed by atoms with Gasteiger partial charge in [0.1, 0.15) is 5.76 Å². The molecule has 2 aromatic rings. The molecule has 0 saturated heterocycles. The quantitative estimate of drug-likeness (QED) is 0.824. The third-order valence-electron chi connectivity index (χ3n) is 2.30. The Labute approximate surface area is 94.5 Å². The molecule has 0 spiro atoms. The zero-order chi connectivity index (χ0) is 11.4. The van der Waals surface area contributed by atoms with Gasteiger partial charge in [0.05, 0.1) is 18.4 Å². The molecule has 0 aliphatic heterocycles. The van der Waals surface area contributed by atoms with Crippen LogP contribution in [0.1, 0.15) is 24.3 Å². The molecular formula is C11H16N4O. The van der Waals surface area contributed by atoms with Crippen molar-refractivity contribution in [1.29, 1.82) is 0 Å². The van der Waals surface area contributed by atoms with Crippen molar-refractivity contribution in [2.75, 3.05) is 0 Å². The van der Waals surface area contributed by atoms with Crippen LogP contribution in [0.3, 0.4) is 0 Å². The number of hydrogen-bond acceptors (Lipinski definition) is 4. The van der Waals surface area contributed by atoms with E-state index in [0.717, 1.165) is 30.3 Å². The van der Waals surface area contributed by atoms with Crippen LogP contribution < -0.4 is 5.32 Å². The lowest BCUT2D eigenvalue weighted by Gasteiger charge is -1.98. The Hall–Kier alpha value is -1.62. The van der Waals surface area contributed by atoms with Crippen LogP contribution in [0.15, 0.2) is 22.9 Å². The molecule has 0 fully saturated rings. The number of nitrogens with zero attached hydrogens (tertiary/aromatic N) is 3. The summed E-state index contributed by atoms with van der Waals surface area (Å²) < 4.78 is 7.27. The predicted octanol–water partition coefficient (Wildman–Crippen LogP) is 1.26. The molecule has 0 saturated carbocycles. The maximum absolute atomic E-state index is 5.48. The minimum Gasteiger partial charge on any atom is -0.444 e. The van der Waals surface area contributed by atoms with E-state index < -0.39 is 0 Å². The summed E-state index contributed by atoms with van der Waals surface area (Å²) in [6.07, 6.45) is 4.59. The molecule has 0 atom stereocenters. The summed E-state index contributed by atoms with van der Waals surface area (Å²) in [6.45, 7) is 3.41. The van der Waals surface area contributed by atoms with Crippen molar-refractivity contribution in [3.05, 3.63) is 35.8 Å². The molecule has 2 heterocycles. The molecule has 2 aromatic heterocycles. The number of aryl methyl sites for hydroxylation is 2. The standard InChI is InChI=1S/C11H16N4O/c1-3-10-7-13-11(16-10)8-12-6-9-4-5-15(2)14-9/h4-5,7,12H,3,6,8H2,1-2H3. The number of nitrogens with one attached hydrogen (secondary N) is 1. The lowest BCUT2D eigenvalue weighted by atomic mass is 10.4. The summed E-state index contributed by atoms with van der Waals surface area (Å²) in [5.41, 5.74) is 1.02. The Balaban J connectivity index is 1.79. The van der Waals surface area contributed by atoms with E-state index in [9.17, 15) is 0 Å². The van der Waals surface area contributed by atoms with E-state index in [0.29, 0.717) is 6.54 Å². The average Bonchev–Trinajstić information content (AvgIpc) is 2.88. The highest BCUT2D eigenvalue weighted by Gasteiger charge is 2.02. The normalized spacial score (nSPS) is 10.9. The number of oxazole rings is 1. The van der Waals surface area contributed by atoms with Gasteiger partial charge in [-0.05, 0) is 6.07 Å². The van der Waals surface area contributed by atoms with Gasteiger partial charge in [-0.3, -0.25) is 4.68 Å². The SMILES string of the molecule is CCc1cnc(CNCc2ccn(C)n2)o1. The third-order valence-corrected chi connectivity index (χ3v) is 2.30. The van der Waals surface area contributed by atoms with E-state index in [1.807, 2.05) is 26.2 Å². The van der Waals surface area contributed by atoms with Gasteiger partial charge in [-0.25, -0.2) is 4.98 Å². The van der Waals surface area contributed by atoms with Gasteiger partial charge < -0.3 is 9.73 Å². The molecule has 5 nitrogen and oxygen atoms in total. The first-order valence-electron chi connectivity index (χ1n) is 5.40. The van der Waals surface area contributed by atoms with Crippen LogP contribution >= 0.6 is 0 Å². The van der Waals surface area contributed by atoms with Crippen LogP contribution in [-0.4, -0.2) is 14.8 Å². The van der Waals surface area contributed by atoms with Gasteiger partial charge >= 0.3 is 0 Å². The van der Waals surface area contributed by atoms with Crippen LogP contribution in [0.25, 0.3) is 0 Å². The van der Waals surface area contributed by atoms with Crippen molar-refractivity contribution in [3.8, 4) is 0 Å². The molecule has 0 amide bonds. The predicted molar refractivity (Wildman–Crippen MR) is 59.6 cm³/mol. The molecule has 1 N–H and O–H groups in total. The maximum atomic E-state index is 5.48. The second kappa shape index (κ2) is 4.94. The lowest BCUT2D eigenvalue weighted by molar-refractivity contribution is 0.438. The summed E-state index contributed by atoms with van der Waals surface area (Å²) in [4.78, 5) is 4.17. The Kier molecular flexibility index (Phi) is 3.36. The molecule has 0 aromatic carbocycles. The van der Waals surface area contributed by atoms with Gasteiger partial charge in [0.15, 0.2) is 0 Å². The molecule has 0 aliphatic carbocycles. The van der Waals surface area contributed by atoms with Crippen LogP contribution in [0.2, 0.25) is 0 Å². The second-order valence-corrected chi connectivity index (χ2v) is 3.66. The highest BCUT2D eigenvalue weighted by molar-refractivity contribution is 4.98. The molecule has 0 radical (unpaired) electrons. The first-order chi connectivity index (χ1) is 7.78. The van der Waals surface area contributed by atoms with E-state index >= 15 is 0 Å². The van der Waals surface area contributed by atoms with Gasteiger partial charge in [0.2, 0.25) is 5.89 Å². The van der Waals surface area contributed by atoms with E-state index in [1.54, 1.807) is 10.9 Å². The van der Waals surface area contributed by atoms with Crippen molar-refractivity contribution < 1.29 is 4.42 Å². The van der Waals surface area contributed by atoms with Gasteiger partial charge in [0, 0.05) is 26.2 Å². The van der Waals surface area contributed by atoms with E-state index in [1.165, 1.54) is 0 Å². The van der Waals surface area contributed by atoms with E-state index in [4.69, 9.17) is 4.42 Å². The largest absolute Gasteiger partial charge is 0.444 e. The summed E-state index contributed by atoms with van der Waals surface area (Å²) in [5.74, 6) is 1.66. The first-order valence-corrected chi connectivity index (χ1v) is 5.40. The van der Waals surface area contributed by atoms with E-state index in [-0.39, 0.29) is 0 Å². The van der Waals surface area contributed by atoms with Crippen LogP contribution in [0, 0.1) is 0 Å². The molecule has 2 rings (SSSR count). The molecule has 86 valence electrons. The lowest BCUT2D eigenvalue weighted by Crippen LogP contribution is -2.13. The minimum atomic E-state index is 0.635. The topological polar surface area (TPSA) is 55.9 Å². The fourth-order valence-electron chi connectivity index (χ4n) is 1.45. The highest BCUT2D eigenvalue weighted by atomic mass is 16.4. The average molecular weight is 220 g/mol. The van der Waals surface area contributed by atoms with Crippen LogP contribution in [0.4, 0.5) is 0 Å². The van der Waals surface area contributed by atoms with Crippen LogP contribution in [0.5, 0.6) is 0 Å². The maximum Gasteiger partial charge on any atom is 0.208 e. The van der Waals surface area contributed by atoms with Crippen molar-refractivity contribution >= 4 is 0 Å². The molecule has 0 bridgehead atoms. The van der Waals surface area contributed by atoms with E-state index in [2.05, 4.69) is 15.4 Å². The Morgan fingerprint density at radius 3 is 2.94 bits per heavy atom. The summed E-state index contributed by atoms with van der Waals surface area (Å²) in [7, 11) is 1.91. The Morgan fingerprint density at radius 2 is 2.31 bits per heavy atom. The van der Waals surface area contributed by atoms with Gasteiger partial charge in [0.25, 0.3) is 0 Å². The molecule has 5 heteroatoms. The third kappa shape index (κ3) is 2.70. The molecule has 0 unspecified atom stereocenters. The monoisotopic (exact) mass is 220 g/mol. The summed E-state index contributed by atoms with van der Waals surface area (Å²) in [5, 5.41) is 7.50. The number of rotatable bonds is 5. The molecular weight excluding hydrogens is 204 g/mol. The van der Waals surface area contributed by atoms with Crippen LogP contribution in [-0.2, 0) is 26.6 Å². The van der Waals surface area contributed by atoms with Gasteiger partial charge in [-0.1, -0.05) is 6.92 Å². The van der Waals surface area contributed by atoms with Crippen molar-refractivity contribution in [2.24, 2.45) is 7.05 Å². The second-order valence-electron chi connectivity index (χ2n) is 3.66. The fraction of sp³-hybridized carbons (Fsp3) is 0.455. The van der Waals surface area contributed by atoms with Crippen molar-refractivity contribution in [1.82, 2.24) is 20.1 Å². The van der Waals surface area contributed by atoms with Gasteiger partial charge in [-0.15, -0.1) is 0 Å². The van der Waals surface area contributed by atoms with Crippen molar-refractivity contribution in [2.45, 2.75) is 26.4 Å². The number of aromatic nitrogens is 3. The molecule has 16 heavy (non-hydrogen) atoms. The number of hydrogen-bond donors (Lipinski definition) is 1. The highest BCUT2D eigenvalue weighted by Crippen LogP contribution is 2.03. The smallest absolute Gasteiger partial charge is 0.208 e.